The molecule has 2 saturated heterocycles. The quantitative estimate of drug-likeness (QED) is 0.709. The highest BCUT2D eigenvalue weighted by Crippen LogP contribution is 2.23. The van der Waals surface area contributed by atoms with Crippen LogP contribution in [-0.4, -0.2) is 64.2 Å². The molecule has 0 aromatic rings. The first-order valence-electron chi connectivity index (χ1n) is 6.07. The van der Waals surface area contributed by atoms with E-state index in [1.165, 1.54) is 10.6 Å². The maximum Gasteiger partial charge on any atom is 0.221 e. The van der Waals surface area contributed by atoms with E-state index < -0.39 is 30.4 Å². The molecule has 2 aliphatic heterocycles. The number of hydrogen-bond donors (Lipinski definition) is 0. The Labute approximate surface area is 108 Å². The van der Waals surface area contributed by atoms with Gasteiger partial charge in [0.05, 0.1) is 18.5 Å². The fourth-order valence-corrected chi connectivity index (χ4v) is 5.15. The molecule has 0 saturated carbocycles. The summed E-state index contributed by atoms with van der Waals surface area (Å²) in [6, 6.07) is 0. The number of ether oxygens (including phenoxy) is 1. The van der Waals surface area contributed by atoms with Gasteiger partial charge in [0.25, 0.3) is 0 Å². The Kier molecular flexibility index (Phi) is 4.01. The Morgan fingerprint density at radius 1 is 1.00 bits per heavy atom. The summed E-state index contributed by atoms with van der Waals surface area (Å²) in [5, 5.41) is -0.845. The zero-order chi connectivity index (χ0) is 13.4. The van der Waals surface area contributed by atoms with E-state index in [4.69, 9.17) is 4.74 Å². The summed E-state index contributed by atoms with van der Waals surface area (Å²) < 4.78 is 53.7. The van der Waals surface area contributed by atoms with Crippen molar-refractivity contribution in [2.24, 2.45) is 0 Å². The zero-order valence-electron chi connectivity index (χ0n) is 10.4. The standard InChI is InChI=1S/C10H19NO5S2/c1-17(12,13)9-3-2-5-11(6-4-9)18(14,15)10-7-16-8-10/h9-10H,2-8H2,1H3. The average Bonchev–Trinajstić information content (AvgIpc) is 2.37. The Morgan fingerprint density at radius 2 is 1.67 bits per heavy atom. The number of hydrogen-bond acceptors (Lipinski definition) is 5. The summed E-state index contributed by atoms with van der Waals surface area (Å²) in [5.74, 6) is 0. The van der Waals surface area contributed by atoms with Crippen LogP contribution >= 0.6 is 0 Å². The van der Waals surface area contributed by atoms with Gasteiger partial charge in [-0.05, 0) is 19.3 Å². The number of rotatable bonds is 3. The van der Waals surface area contributed by atoms with Crippen LogP contribution < -0.4 is 0 Å². The summed E-state index contributed by atoms with van der Waals surface area (Å²) in [6.07, 6.45) is 2.77. The monoisotopic (exact) mass is 297 g/mol. The Bertz CT molecular complexity index is 494. The van der Waals surface area contributed by atoms with Gasteiger partial charge in [-0.3, -0.25) is 0 Å². The molecule has 8 heteroatoms. The molecule has 0 aromatic heterocycles. The highest BCUT2D eigenvalue weighted by atomic mass is 32.2. The van der Waals surface area contributed by atoms with Crippen molar-refractivity contribution in [3.63, 3.8) is 0 Å². The van der Waals surface area contributed by atoms with Crippen molar-refractivity contribution in [1.29, 1.82) is 0 Å². The molecular weight excluding hydrogens is 278 g/mol. The molecule has 0 amide bonds. The molecule has 18 heavy (non-hydrogen) atoms. The van der Waals surface area contributed by atoms with Gasteiger partial charge >= 0.3 is 0 Å². The van der Waals surface area contributed by atoms with Crippen molar-refractivity contribution in [2.75, 3.05) is 32.6 Å². The van der Waals surface area contributed by atoms with Crippen LogP contribution in [0, 0.1) is 0 Å². The van der Waals surface area contributed by atoms with Gasteiger partial charge in [0.2, 0.25) is 10.0 Å². The number of sulfonamides is 1. The van der Waals surface area contributed by atoms with Crippen molar-refractivity contribution in [3.8, 4) is 0 Å². The van der Waals surface area contributed by atoms with Crippen LogP contribution in [0.5, 0.6) is 0 Å². The molecular formula is C10H19NO5S2. The highest BCUT2D eigenvalue weighted by Gasteiger charge is 2.38. The van der Waals surface area contributed by atoms with E-state index in [0.717, 1.165) is 0 Å². The molecule has 6 nitrogen and oxygen atoms in total. The molecule has 0 spiro atoms. The first-order valence-corrected chi connectivity index (χ1v) is 9.53. The van der Waals surface area contributed by atoms with Crippen molar-refractivity contribution in [3.05, 3.63) is 0 Å². The third kappa shape index (κ3) is 2.87. The van der Waals surface area contributed by atoms with Crippen LogP contribution in [0.4, 0.5) is 0 Å². The smallest absolute Gasteiger partial charge is 0.221 e. The lowest BCUT2D eigenvalue weighted by Crippen LogP contribution is -2.49. The van der Waals surface area contributed by atoms with Crippen LogP contribution in [0.15, 0.2) is 0 Å². The van der Waals surface area contributed by atoms with Crippen molar-refractivity contribution in [2.45, 2.75) is 29.8 Å². The second kappa shape index (κ2) is 5.07. The van der Waals surface area contributed by atoms with E-state index in [-0.39, 0.29) is 13.2 Å². The summed E-state index contributed by atoms with van der Waals surface area (Å²) in [5.41, 5.74) is 0. The Balaban J connectivity index is 2.05. The molecule has 2 aliphatic rings. The first-order chi connectivity index (χ1) is 8.32. The van der Waals surface area contributed by atoms with E-state index in [1.807, 2.05) is 0 Å². The largest absolute Gasteiger partial charge is 0.378 e. The van der Waals surface area contributed by atoms with Gasteiger partial charge in [0.1, 0.15) is 15.1 Å². The van der Waals surface area contributed by atoms with Gasteiger partial charge in [-0.25, -0.2) is 21.1 Å². The van der Waals surface area contributed by atoms with Crippen molar-refractivity contribution in [1.82, 2.24) is 4.31 Å². The topological polar surface area (TPSA) is 80.8 Å². The maximum absolute atomic E-state index is 12.2. The zero-order valence-corrected chi connectivity index (χ0v) is 12.0. The molecule has 0 N–H and O–H groups in total. The summed E-state index contributed by atoms with van der Waals surface area (Å²) in [4.78, 5) is 0. The van der Waals surface area contributed by atoms with E-state index in [2.05, 4.69) is 0 Å². The fourth-order valence-electron chi connectivity index (χ4n) is 2.32. The van der Waals surface area contributed by atoms with Crippen LogP contribution in [-0.2, 0) is 24.6 Å². The molecule has 2 rings (SSSR count). The highest BCUT2D eigenvalue weighted by molar-refractivity contribution is 7.91. The average molecular weight is 297 g/mol. The molecule has 1 unspecified atom stereocenters. The minimum atomic E-state index is -3.30. The second-order valence-corrected chi connectivity index (χ2v) is 9.52. The van der Waals surface area contributed by atoms with Crippen molar-refractivity contribution < 1.29 is 21.6 Å². The van der Waals surface area contributed by atoms with Gasteiger partial charge < -0.3 is 4.74 Å². The third-order valence-corrected chi connectivity index (χ3v) is 7.51. The molecule has 2 heterocycles. The van der Waals surface area contributed by atoms with E-state index in [1.54, 1.807) is 0 Å². The third-order valence-electron chi connectivity index (χ3n) is 3.63. The van der Waals surface area contributed by atoms with Crippen LogP contribution in [0.2, 0.25) is 0 Å². The van der Waals surface area contributed by atoms with Crippen LogP contribution in [0.25, 0.3) is 0 Å². The van der Waals surface area contributed by atoms with E-state index >= 15 is 0 Å². The van der Waals surface area contributed by atoms with Gasteiger partial charge in [-0.1, -0.05) is 0 Å². The van der Waals surface area contributed by atoms with Gasteiger partial charge in [0.15, 0.2) is 0 Å². The van der Waals surface area contributed by atoms with Gasteiger partial charge in [-0.2, -0.15) is 0 Å². The van der Waals surface area contributed by atoms with E-state index in [9.17, 15) is 16.8 Å². The molecule has 0 bridgehead atoms. The predicted octanol–water partition coefficient (Wildman–Crippen LogP) is -0.386. The van der Waals surface area contributed by atoms with Crippen molar-refractivity contribution >= 4 is 19.9 Å². The van der Waals surface area contributed by atoms with Gasteiger partial charge in [0, 0.05) is 19.3 Å². The Morgan fingerprint density at radius 3 is 2.17 bits per heavy atom. The predicted molar refractivity (Wildman–Crippen MR) is 67.6 cm³/mol. The maximum atomic E-state index is 12.2. The molecule has 106 valence electrons. The molecule has 0 radical (unpaired) electrons. The molecule has 0 aliphatic carbocycles. The lowest BCUT2D eigenvalue weighted by atomic mass is 10.2. The second-order valence-electron chi connectivity index (χ2n) is 4.99. The lowest BCUT2D eigenvalue weighted by Gasteiger charge is -2.31. The Hall–Kier alpha value is -0.180. The van der Waals surface area contributed by atoms with E-state index in [0.29, 0.717) is 32.4 Å². The normalized spacial score (nSPS) is 28.6. The summed E-state index contributed by atoms with van der Waals surface area (Å²) in [7, 11) is -6.38. The summed E-state index contributed by atoms with van der Waals surface area (Å²) in [6.45, 7) is 1.24. The molecule has 2 fully saturated rings. The molecule has 1 atom stereocenters. The minimum absolute atomic E-state index is 0.258. The van der Waals surface area contributed by atoms with Crippen LogP contribution in [0.1, 0.15) is 19.3 Å². The van der Waals surface area contributed by atoms with Crippen LogP contribution in [0.3, 0.4) is 0 Å². The summed E-state index contributed by atoms with van der Waals surface area (Å²) >= 11 is 0. The molecule has 0 aromatic carbocycles. The first kappa shape index (κ1) is 14.2. The van der Waals surface area contributed by atoms with Gasteiger partial charge in [-0.15, -0.1) is 0 Å². The number of sulfone groups is 1. The minimum Gasteiger partial charge on any atom is -0.378 e. The number of nitrogens with zero attached hydrogens (tertiary/aromatic N) is 1. The fraction of sp³-hybridized carbons (Fsp3) is 1.00. The lowest BCUT2D eigenvalue weighted by molar-refractivity contribution is 0.0392. The SMILES string of the molecule is CS(=O)(=O)C1CCCN(S(=O)(=O)C2COC2)CC1.